The molecule has 6 atom stereocenters. The van der Waals surface area contributed by atoms with Crippen molar-refractivity contribution < 1.29 is 4.79 Å². The zero-order valence-corrected chi connectivity index (χ0v) is 19.8. The highest BCUT2D eigenvalue weighted by molar-refractivity contribution is 5.79. The predicted molar refractivity (Wildman–Crippen MR) is 129 cm³/mol. The summed E-state index contributed by atoms with van der Waals surface area (Å²) in [6, 6.07) is 4.69. The molecule has 5 aliphatic carbocycles. The molecule has 3 heteroatoms. The quantitative estimate of drug-likeness (QED) is 0.570. The van der Waals surface area contributed by atoms with E-state index in [1.54, 1.807) is 11.1 Å². The number of nitrogens with one attached hydrogen (secondary N) is 1. The molecule has 0 spiro atoms. The van der Waals surface area contributed by atoms with Crippen LogP contribution in [-0.2, 0) is 4.79 Å². The van der Waals surface area contributed by atoms with Crippen molar-refractivity contribution in [3.8, 4) is 0 Å². The molecule has 1 amide bonds. The standard InChI is InChI=1S/C29H38N2O/c1-28-14-12-22(31-27(32)19-5-3-6-19)17-21(28)8-9-23-25-11-10-24(20-7-4-16-30-18-20)29(25,2)15-13-26(23)28/h4,7-8,10,16,18-19,22-23,25-26H,3,5-6,9,11-15,17H2,1-2H3,(H,31,32)/t22-,23+,25+,26+,28+,29-/m1/s1. The number of hydrogen-bond donors (Lipinski definition) is 1. The Labute approximate surface area is 193 Å². The van der Waals surface area contributed by atoms with Gasteiger partial charge in [-0.1, -0.05) is 44.1 Å². The van der Waals surface area contributed by atoms with Crippen LogP contribution >= 0.6 is 0 Å². The molecule has 3 fully saturated rings. The highest BCUT2D eigenvalue weighted by atomic mass is 16.2. The van der Waals surface area contributed by atoms with Gasteiger partial charge < -0.3 is 5.32 Å². The van der Waals surface area contributed by atoms with Crippen LogP contribution in [0.2, 0.25) is 0 Å². The Balaban J connectivity index is 1.20. The first kappa shape index (κ1) is 20.7. The fourth-order valence-corrected chi connectivity index (χ4v) is 8.31. The summed E-state index contributed by atoms with van der Waals surface area (Å²) in [5.41, 5.74) is 5.16. The first-order valence-electron chi connectivity index (χ1n) is 13.1. The molecule has 3 saturated carbocycles. The second-order valence-electron chi connectivity index (χ2n) is 11.9. The predicted octanol–water partition coefficient (Wildman–Crippen LogP) is 6.32. The fraction of sp³-hybridized carbons (Fsp3) is 0.655. The molecule has 1 aromatic rings. The molecule has 32 heavy (non-hydrogen) atoms. The average Bonchev–Trinajstić information content (AvgIpc) is 3.10. The highest BCUT2D eigenvalue weighted by Gasteiger charge is 2.56. The van der Waals surface area contributed by atoms with Crippen molar-refractivity contribution in [2.45, 2.75) is 84.1 Å². The topological polar surface area (TPSA) is 42.0 Å². The summed E-state index contributed by atoms with van der Waals surface area (Å²) < 4.78 is 0. The van der Waals surface area contributed by atoms with E-state index in [1.807, 2.05) is 6.20 Å². The van der Waals surface area contributed by atoms with Gasteiger partial charge in [0.2, 0.25) is 5.91 Å². The number of aromatic nitrogens is 1. The largest absolute Gasteiger partial charge is 0.353 e. The number of carbonyl (C=O) groups is 1. The summed E-state index contributed by atoms with van der Waals surface area (Å²) in [5, 5.41) is 3.42. The smallest absolute Gasteiger partial charge is 0.223 e. The summed E-state index contributed by atoms with van der Waals surface area (Å²) in [6.07, 6.45) is 21.1. The van der Waals surface area contributed by atoms with Crippen molar-refractivity contribution in [1.82, 2.24) is 10.3 Å². The SMILES string of the molecule is C[C@]12CC[C@@H](NC(=O)C3CCC3)CC1=CC[C@@H]1[C@@H]2CC[C@]2(C)C(c3cccnc3)=CC[C@@H]12. The minimum absolute atomic E-state index is 0.292. The van der Waals surface area contributed by atoms with E-state index in [2.05, 4.69) is 54.6 Å². The Kier molecular flexibility index (Phi) is 4.89. The molecule has 6 rings (SSSR count). The Hall–Kier alpha value is -1.90. The van der Waals surface area contributed by atoms with Crippen LogP contribution in [-0.4, -0.2) is 16.9 Å². The molecule has 0 aliphatic heterocycles. The Bertz CT molecular complexity index is 961. The van der Waals surface area contributed by atoms with E-state index >= 15 is 0 Å². The van der Waals surface area contributed by atoms with Gasteiger partial charge in [-0.2, -0.15) is 0 Å². The van der Waals surface area contributed by atoms with E-state index in [0.717, 1.165) is 43.4 Å². The average molecular weight is 431 g/mol. The molecular weight excluding hydrogens is 392 g/mol. The summed E-state index contributed by atoms with van der Waals surface area (Å²) in [7, 11) is 0. The number of nitrogens with zero attached hydrogens (tertiary/aromatic N) is 1. The molecular formula is C29H38N2O. The van der Waals surface area contributed by atoms with Crippen LogP contribution in [0.1, 0.15) is 83.6 Å². The van der Waals surface area contributed by atoms with Gasteiger partial charge in [0.05, 0.1) is 0 Å². The monoisotopic (exact) mass is 430 g/mol. The number of pyridine rings is 1. The van der Waals surface area contributed by atoms with Gasteiger partial charge in [-0.15, -0.1) is 0 Å². The maximum Gasteiger partial charge on any atom is 0.223 e. The van der Waals surface area contributed by atoms with Crippen LogP contribution in [0.15, 0.2) is 42.3 Å². The minimum atomic E-state index is 0.292. The van der Waals surface area contributed by atoms with Crippen LogP contribution < -0.4 is 5.32 Å². The van der Waals surface area contributed by atoms with Crippen LogP contribution in [0.4, 0.5) is 0 Å². The van der Waals surface area contributed by atoms with E-state index in [4.69, 9.17) is 0 Å². The molecule has 0 aromatic carbocycles. The second kappa shape index (κ2) is 7.57. The van der Waals surface area contributed by atoms with Crippen molar-refractivity contribution in [2.24, 2.45) is 34.5 Å². The Morgan fingerprint density at radius 1 is 1.03 bits per heavy atom. The van der Waals surface area contributed by atoms with E-state index in [-0.39, 0.29) is 0 Å². The first-order valence-corrected chi connectivity index (χ1v) is 13.1. The lowest BCUT2D eigenvalue weighted by molar-refractivity contribution is -0.128. The highest BCUT2D eigenvalue weighted by Crippen LogP contribution is 2.66. The van der Waals surface area contributed by atoms with Gasteiger partial charge in [0.15, 0.2) is 0 Å². The third-order valence-corrected chi connectivity index (χ3v) is 10.5. The molecule has 1 heterocycles. The first-order chi connectivity index (χ1) is 15.5. The zero-order valence-electron chi connectivity index (χ0n) is 19.8. The third-order valence-electron chi connectivity index (χ3n) is 10.5. The van der Waals surface area contributed by atoms with Crippen molar-refractivity contribution in [3.05, 3.63) is 47.8 Å². The van der Waals surface area contributed by atoms with E-state index in [9.17, 15) is 4.79 Å². The van der Waals surface area contributed by atoms with Gasteiger partial charge in [0.25, 0.3) is 0 Å². The van der Waals surface area contributed by atoms with Crippen molar-refractivity contribution in [3.63, 3.8) is 0 Å². The van der Waals surface area contributed by atoms with Crippen LogP contribution in [0.3, 0.4) is 0 Å². The lowest BCUT2D eigenvalue weighted by atomic mass is 9.47. The molecule has 1 aromatic heterocycles. The summed E-state index contributed by atoms with van der Waals surface area (Å²) in [6.45, 7) is 5.10. The molecule has 5 aliphatic rings. The summed E-state index contributed by atoms with van der Waals surface area (Å²) in [5.74, 6) is 2.96. The lowest BCUT2D eigenvalue weighted by Crippen LogP contribution is -2.52. The van der Waals surface area contributed by atoms with E-state index in [0.29, 0.717) is 28.7 Å². The van der Waals surface area contributed by atoms with Crippen molar-refractivity contribution in [1.29, 1.82) is 0 Å². The van der Waals surface area contributed by atoms with Crippen molar-refractivity contribution >= 4 is 11.5 Å². The van der Waals surface area contributed by atoms with Gasteiger partial charge >= 0.3 is 0 Å². The molecule has 170 valence electrons. The van der Waals surface area contributed by atoms with Gasteiger partial charge in [0.1, 0.15) is 0 Å². The molecule has 3 nitrogen and oxygen atoms in total. The van der Waals surface area contributed by atoms with Gasteiger partial charge in [-0.05, 0) is 104 Å². The number of fused-ring (bicyclic) bond motifs is 5. The van der Waals surface area contributed by atoms with Crippen LogP contribution in [0, 0.1) is 34.5 Å². The van der Waals surface area contributed by atoms with E-state index < -0.39 is 0 Å². The van der Waals surface area contributed by atoms with Gasteiger partial charge in [-0.3, -0.25) is 9.78 Å². The Morgan fingerprint density at radius 3 is 2.62 bits per heavy atom. The van der Waals surface area contributed by atoms with Gasteiger partial charge in [0, 0.05) is 24.4 Å². The fourth-order valence-electron chi connectivity index (χ4n) is 8.31. The minimum Gasteiger partial charge on any atom is -0.353 e. The molecule has 0 radical (unpaired) electrons. The van der Waals surface area contributed by atoms with Crippen LogP contribution in [0.25, 0.3) is 5.57 Å². The molecule has 0 unspecified atom stereocenters. The number of allylic oxidation sites excluding steroid dienone is 3. The van der Waals surface area contributed by atoms with Crippen LogP contribution in [0.5, 0.6) is 0 Å². The van der Waals surface area contributed by atoms with E-state index in [1.165, 1.54) is 44.1 Å². The second-order valence-corrected chi connectivity index (χ2v) is 11.9. The summed E-state index contributed by atoms with van der Waals surface area (Å²) in [4.78, 5) is 16.9. The Morgan fingerprint density at radius 2 is 1.88 bits per heavy atom. The normalized spacial score (nSPS) is 40.8. The number of rotatable bonds is 3. The maximum atomic E-state index is 12.5. The maximum absolute atomic E-state index is 12.5. The number of carbonyl (C=O) groups excluding carboxylic acids is 1. The lowest BCUT2D eigenvalue weighted by Gasteiger charge is -2.58. The number of hydrogen-bond acceptors (Lipinski definition) is 2. The van der Waals surface area contributed by atoms with Crippen molar-refractivity contribution in [2.75, 3.05) is 0 Å². The number of amides is 1. The molecule has 0 saturated heterocycles. The summed E-state index contributed by atoms with van der Waals surface area (Å²) >= 11 is 0. The van der Waals surface area contributed by atoms with Gasteiger partial charge in [-0.25, -0.2) is 0 Å². The zero-order chi connectivity index (χ0) is 21.9. The third kappa shape index (κ3) is 3.06. The molecule has 0 bridgehead atoms. The molecule has 1 N–H and O–H groups in total.